The molecule has 0 saturated heterocycles. The SMILES string of the molecule is CCOC(=O)C(C)CC1(CC2(CC(C)CC)c3ccccc3-c3nc4ccccc4cc32)c2ccccc2-c2nc3ccccc3cc21. The lowest BCUT2D eigenvalue weighted by atomic mass is 9.58. The van der Waals surface area contributed by atoms with Gasteiger partial charge in [-0.05, 0) is 78.6 Å². The molecule has 2 aliphatic rings. The number of fused-ring (bicyclic) bond motifs is 8. The number of carbonyl (C=O) groups is 1. The number of esters is 1. The van der Waals surface area contributed by atoms with Crippen LogP contribution in [0.4, 0.5) is 0 Å². The Hall–Kier alpha value is -4.83. The lowest BCUT2D eigenvalue weighted by Crippen LogP contribution is -2.41. The van der Waals surface area contributed by atoms with Gasteiger partial charge in [0.05, 0.1) is 34.9 Å². The van der Waals surface area contributed by atoms with Crippen LogP contribution in [-0.2, 0) is 20.4 Å². The molecule has 4 aromatic carbocycles. The molecule has 4 heteroatoms. The topological polar surface area (TPSA) is 52.1 Å². The van der Waals surface area contributed by atoms with Gasteiger partial charge in [-0.15, -0.1) is 0 Å². The second kappa shape index (κ2) is 11.7. The fraction of sp³-hybridized carbons (Fsp3) is 0.295. The highest BCUT2D eigenvalue weighted by Crippen LogP contribution is 2.63. The lowest BCUT2D eigenvalue weighted by molar-refractivity contribution is -0.148. The van der Waals surface area contributed by atoms with Crippen LogP contribution >= 0.6 is 0 Å². The fourth-order valence-corrected chi connectivity index (χ4v) is 8.99. The van der Waals surface area contributed by atoms with E-state index in [0.29, 0.717) is 18.9 Å². The highest BCUT2D eigenvalue weighted by Gasteiger charge is 2.55. The van der Waals surface area contributed by atoms with Crippen LogP contribution in [0.15, 0.2) is 109 Å². The maximum atomic E-state index is 13.5. The first kappa shape index (κ1) is 30.5. The summed E-state index contributed by atoms with van der Waals surface area (Å²) in [5.41, 5.74) is 10.7. The maximum absolute atomic E-state index is 13.5. The molecule has 0 bridgehead atoms. The van der Waals surface area contributed by atoms with Gasteiger partial charge in [0.1, 0.15) is 0 Å². The van der Waals surface area contributed by atoms with E-state index >= 15 is 0 Å². The van der Waals surface area contributed by atoms with Crippen molar-refractivity contribution in [3.63, 3.8) is 0 Å². The van der Waals surface area contributed by atoms with Gasteiger partial charge in [0, 0.05) is 32.7 Å². The second-order valence-electron chi connectivity index (χ2n) is 14.2. The predicted octanol–water partition coefficient (Wildman–Crippen LogP) is 10.4. The Morgan fingerprint density at radius 1 is 0.646 bits per heavy atom. The summed E-state index contributed by atoms with van der Waals surface area (Å²) in [5, 5.41) is 2.28. The van der Waals surface area contributed by atoms with Gasteiger partial charge in [0.25, 0.3) is 0 Å². The molecule has 0 aliphatic heterocycles. The summed E-state index contributed by atoms with van der Waals surface area (Å²) in [4.78, 5) is 24.3. The van der Waals surface area contributed by atoms with E-state index in [2.05, 4.69) is 123 Å². The first-order chi connectivity index (χ1) is 23.4. The van der Waals surface area contributed by atoms with Gasteiger partial charge in [-0.1, -0.05) is 112 Å². The number of hydrogen-bond acceptors (Lipinski definition) is 4. The van der Waals surface area contributed by atoms with Crippen LogP contribution in [0.2, 0.25) is 0 Å². The van der Waals surface area contributed by atoms with E-state index in [9.17, 15) is 4.79 Å². The van der Waals surface area contributed by atoms with Crippen LogP contribution in [0, 0.1) is 11.8 Å². The van der Waals surface area contributed by atoms with Gasteiger partial charge in [-0.25, -0.2) is 9.97 Å². The summed E-state index contributed by atoms with van der Waals surface area (Å²) in [6.45, 7) is 8.99. The van der Waals surface area contributed by atoms with Crippen molar-refractivity contribution in [2.45, 2.75) is 64.2 Å². The highest BCUT2D eigenvalue weighted by molar-refractivity contribution is 5.91. The molecule has 0 radical (unpaired) electrons. The smallest absolute Gasteiger partial charge is 0.308 e. The number of nitrogens with zero attached hydrogens (tertiary/aromatic N) is 2. The third kappa shape index (κ3) is 4.60. The zero-order chi connectivity index (χ0) is 33.0. The molecular formula is C44H42N2O2. The van der Waals surface area contributed by atoms with Crippen LogP contribution < -0.4 is 0 Å². The monoisotopic (exact) mass is 630 g/mol. The number of pyridine rings is 2. The van der Waals surface area contributed by atoms with Crippen molar-refractivity contribution in [1.82, 2.24) is 9.97 Å². The number of aromatic nitrogens is 2. The molecule has 2 aromatic heterocycles. The molecule has 240 valence electrons. The average molecular weight is 631 g/mol. The van der Waals surface area contributed by atoms with E-state index in [-0.39, 0.29) is 17.3 Å². The Balaban J connectivity index is 1.45. The molecular weight excluding hydrogens is 588 g/mol. The summed E-state index contributed by atoms with van der Waals surface area (Å²) in [6, 6.07) is 39.4. The zero-order valence-corrected chi connectivity index (χ0v) is 28.3. The molecule has 4 nitrogen and oxygen atoms in total. The molecule has 0 saturated carbocycles. The summed E-state index contributed by atoms with van der Waals surface area (Å²) in [7, 11) is 0. The predicted molar refractivity (Wildman–Crippen MR) is 195 cm³/mol. The molecule has 6 aromatic rings. The number of para-hydroxylation sites is 2. The molecule has 2 heterocycles. The van der Waals surface area contributed by atoms with Gasteiger partial charge < -0.3 is 4.74 Å². The minimum atomic E-state index is -0.511. The van der Waals surface area contributed by atoms with E-state index in [1.807, 2.05) is 13.8 Å². The number of carbonyl (C=O) groups excluding carboxylic acids is 1. The zero-order valence-electron chi connectivity index (χ0n) is 28.3. The number of rotatable bonds is 9. The first-order valence-electron chi connectivity index (χ1n) is 17.6. The van der Waals surface area contributed by atoms with E-state index in [1.165, 1.54) is 27.8 Å². The standard InChI is InChI=1S/C44H42N2O2/c1-5-28(3)25-43(34-19-11-9-17-32(34)40-36(43)23-30-15-7-13-21-38(30)45-40)27-44(26-29(4)42(47)48-6-2)35-20-12-10-18-33(35)41-37(44)24-31-16-8-14-22-39(31)46-41/h7-24,28-29H,5-6,25-27H2,1-4H3. The van der Waals surface area contributed by atoms with Crippen molar-refractivity contribution < 1.29 is 9.53 Å². The molecule has 0 amide bonds. The maximum Gasteiger partial charge on any atom is 0.308 e. The van der Waals surface area contributed by atoms with Gasteiger partial charge in [0.2, 0.25) is 0 Å². The van der Waals surface area contributed by atoms with E-state index in [1.54, 1.807) is 0 Å². The quantitative estimate of drug-likeness (QED) is 0.149. The number of benzene rings is 4. The third-order valence-corrected chi connectivity index (χ3v) is 11.2. The van der Waals surface area contributed by atoms with Gasteiger partial charge >= 0.3 is 5.97 Å². The van der Waals surface area contributed by atoms with Crippen LogP contribution in [0.3, 0.4) is 0 Å². The van der Waals surface area contributed by atoms with Crippen molar-refractivity contribution in [3.05, 3.63) is 131 Å². The van der Waals surface area contributed by atoms with Crippen LogP contribution in [0.25, 0.3) is 44.3 Å². The van der Waals surface area contributed by atoms with E-state index < -0.39 is 5.41 Å². The van der Waals surface area contributed by atoms with Crippen LogP contribution in [-0.4, -0.2) is 22.5 Å². The van der Waals surface area contributed by atoms with Crippen molar-refractivity contribution in [3.8, 4) is 22.5 Å². The van der Waals surface area contributed by atoms with Crippen molar-refractivity contribution in [1.29, 1.82) is 0 Å². The minimum Gasteiger partial charge on any atom is -0.466 e. The Morgan fingerprint density at radius 3 is 1.65 bits per heavy atom. The Morgan fingerprint density at radius 2 is 1.12 bits per heavy atom. The molecule has 0 N–H and O–H groups in total. The Bertz CT molecular complexity index is 2200. The van der Waals surface area contributed by atoms with Crippen molar-refractivity contribution in [2.24, 2.45) is 11.8 Å². The molecule has 48 heavy (non-hydrogen) atoms. The average Bonchev–Trinajstić information content (AvgIpc) is 3.52. The highest BCUT2D eigenvalue weighted by atomic mass is 16.5. The van der Waals surface area contributed by atoms with E-state index in [4.69, 9.17) is 14.7 Å². The van der Waals surface area contributed by atoms with Crippen molar-refractivity contribution in [2.75, 3.05) is 6.61 Å². The van der Waals surface area contributed by atoms with Crippen LogP contribution in [0.1, 0.15) is 75.6 Å². The number of hydrogen-bond donors (Lipinski definition) is 0. The van der Waals surface area contributed by atoms with Gasteiger partial charge in [-0.3, -0.25) is 4.79 Å². The normalized spacial score (nSPS) is 20.2. The fourth-order valence-electron chi connectivity index (χ4n) is 8.99. The van der Waals surface area contributed by atoms with Crippen LogP contribution in [0.5, 0.6) is 0 Å². The summed E-state index contributed by atoms with van der Waals surface area (Å²) in [5.74, 6) is -0.00446. The second-order valence-corrected chi connectivity index (χ2v) is 14.2. The van der Waals surface area contributed by atoms with E-state index in [0.717, 1.165) is 58.0 Å². The largest absolute Gasteiger partial charge is 0.466 e. The minimum absolute atomic E-state index is 0.146. The first-order valence-corrected chi connectivity index (χ1v) is 17.6. The third-order valence-electron chi connectivity index (χ3n) is 11.2. The number of ether oxygens (including phenoxy) is 1. The summed E-state index contributed by atoms with van der Waals surface area (Å²) in [6.07, 6.45) is 3.46. The molecule has 0 fully saturated rings. The molecule has 0 spiro atoms. The summed E-state index contributed by atoms with van der Waals surface area (Å²) >= 11 is 0. The Labute approximate surface area is 283 Å². The van der Waals surface area contributed by atoms with Gasteiger partial charge in [0.15, 0.2) is 0 Å². The molecule has 4 unspecified atom stereocenters. The lowest BCUT2D eigenvalue weighted by Gasteiger charge is -2.44. The molecule has 8 rings (SSSR count). The van der Waals surface area contributed by atoms with Gasteiger partial charge in [-0.2, -0.15) is 0 Å². The molecule has 2 aliphatic carbocycles. The van der Waals surface area contributed by atoms with Crippen molar-refractivity contribution >= 4 is 27.8 Å². The summed E-state index contributed by atoms with van der Waals surface area (Å²) < 4.78 is 5.68. The Kier molecular flexibility index (Phi) is 7.43. The molecule has 4 atom stereocenters.